The summed E-state index contributed by atoms with van der Waals surface area (Å²) in [5, 5.41) is 0. The van der Waals surface area contributed by atoms with Crippen molar-refractivity contribution in [3.05, 3.63) is 84.3 Å². The predicted octanol–water partition coefficient (Wildman–Crippen LogP) is 5.13. The molecule has 6 nitrogen and oxygen atoms in total. The number of furan rings is 1. The number of rotatable bonds is 7. The van der Waals surface area contributed by atoms with E-state index in [9.17, 15) is 9.18 Å². The molecular formula is C24H20FNO5. The maximum absolute atomic E-state index is 13.5. The normalized spacial score (nSPS) is 10.7. The average molecular weight is 421 g/mol. The summed E-state index contributed by atoms with van der Waals surface area (Å²) in [7, 11) is 4.49. The Labute approximate surface area is 178 Å². The van der Waals surface area contributed by atoms with E-state index in [1.165, 1.54) is 39.7 Å². The molecule has 0 N–H and O–H groups in total. The van der Waals surface area contributed by atoms with Crippen molar-refractivity contribution in [1.82, 2.24) is 4.57 Å². The molecule has 7 heteroatoms. The fourth-order valence-corrected chi connectivity index (χ4v) is 3.41. The number of ether oxygens (including phenoxy) is 3. The van der Waals surface area contributed by atoms with Crippen molar-refractivity contribution in [2.45, 2.75) is 0 Å². The predicted molar refractivity (Wildman–Crippen MR) is 113 cm³/mol. The van der Waals surface area contributed by atoms with E-state index in [0.29, 0.717) is 33.9 Å². The van der Waals surface area contributed by atoms with E-state index in [-0.39, 0.29) is 11.6 Å². The van der Waals surface area contributed by atoms with E-state index < -0.39 is 0 Å². The second-order valence-corrected chi connectivity index (χ2v) is 6.72. The summed E-state index contributed by atoms with van der Waals surface area (Å²) in [6.45, 7) is 0. The zero-order valence-electron chi connectivity index (χ0n) is 17.2. The molecule has 0 radical (unpaired) electrons. The number of aromatic nitrogens is 1. The summed E-state index contributed by atoms with van der Waals surface area (Å²) in [4.78, 5) is 13.5. The summed E-state index contributed by atoms with van der Waals surface area (Å²) in [5.41, 5.74) is 2.96. The Morgan fingerprint density at radius 1 is 0.935 bits per heavy atom. The van der Waals surface area contributed by atoms with Gasteiger partial charge >= 0.3 is 0 Å². The van der Waals surface area contributed by atoms with Crippen LogP contribution in [0.2, 0.25) is 0 Å². The molecule has 0 amide bonds. The second-order valence-electron chi connectivity index (χ2n) is 6.72. The zero-order chi connectivity index (χ0) is 22.0. The van der Waals surface area contributed by atoms with Gasteiger partial charge in [-0.2, -0.15) is 0 Å². The number of carbonyl (C=O) groups excluding carboxylic acids is 1. The number of carbonyl (C=O) groups is 1. The molecule has 4 aromatic rings. The van der Waals surface area contributed by atoms with E-state index >= 15 is 0 Å². The number of methoxy groups -OCH3 is 3. The molecule has 2 heterocycles. The first-order valence-corrected chi connectivity index (χ1v) is 9.41. The molecule has 0 saturated carbocycles. The summed E-state index contributed by atoms with van der Waals surface area (Å²) in [6.07, 6.45) is 6.62. The largest absolute Gasteiger partial charge is 0.493 e. The van der Waals surface area contributed by atoms with Gasteiger partial charge in [0, 0.05) is 40.3 Å². The van der Waals surface area contributed by atoms with Gasteiger partial charge in [-0.1, -0.05) is 0 Å². The minimum absolute atomic E-state index is 0.240. The molecule has 4 rings (SSSR count). The number of benzene rings is 2. The van der Waals surface area contributed by atoms with Gasteiger partial charge in [0.15, 0.2) is 17.3 Å². The highest BCUT2D eigenvalue weighted by atomic mass is 19.1. The van der Waals surface area contributed by atoms with Crippen molar-refractivity contribution in [2.75, 3.05) is 21.3 Å². The molecule has 31 heavy (non-hydrogen) atoms. The van der Waals surface area contributed by atoms with Crippen LogP contribution in [-0.4, -0.2) is 31.7 Å². The number of ketones is 1. The highest BCUT2D eigenvalue weighted by molar-refractivity contribution is 6.13. The van der Waals surface area contributed by atoms with Gasteiger partial charge in [-0.25, -0.2) is 4.39 Å². The highest BCUT2D eigenvalue weighted by Gasteiger charge is 2.22. The van der Waals surface area contributed by atoms with Crippen molar-refractivity contribution < 1.29 is 27.8 Å². The van der Waals surface area contributed by atoms with Crippen LogP contribution in [0.25, 0.3) is 16.8 Å². The summed E-state index contributed by atoms with van der Waals surface area (Å²) < 4.78 is 36.4. The van der Waals surface area contributed by atoms with Crippen molar-refractivity contribution >= 4 is 5.78 Å². The summed E-state index contributed by atoms with van der Waals surface area (Å²) in [5.74, 6) is 0.595. The van der Waals surface area contributed by atoms with Crippen molar-refractivity contribution in [2.24, 2.45) is 0 Å². The van der Waals surface area contributed by atoms with Crippen LogP contribution < -0.4 is 14.2 Å². The second kappa shape index (κ2) is 8.39. The van der Waals surface area contributed by atoms with Crippen LogP contribution >= 0.6 is 0 Å². The average Bonchev–Trinajstić information content (AvgIpc) is 3.48. The topological polar surface area (TPSA) is 62.8 Å². The first-order valence-electron chi connectivity index (χ1n) is 9.41. The van der Waals surface area contributed by atoms with Gasteiger partial charge in [-0.15, -0.1) is 0 Å². The van der Waals surface area contributed by atoms with Crippen molar-refractivity contribution in [1.29, 1.82) is 0 Å². The van der Waals surface area contributed by atoms with Crippen LogP contribution in [0.4, 0.5) is 4.39 Å². The van der Waals surface area contributed by atoms with Gasteiger partial charge in [-0.3, -0.25) is 4.79 Å². The Hall–Kier alpha value is -4.00. The standard InChI is InChI=1S/C24H20FNO5/c1-28-21-10-16(11-22(29-2)24(21)30-3)23(27)20-13-26(18-6-4-17(25)5-7-18)12-19(20)15-8-9-31-14-15/h4-14H,1-3H3. The molecule has 0 fully saturated rings. The fourth-order valence-electron chi connectivity index (χ4n) is 3.41. The van der Waals surface area contributed by atoms with Crippen molar-refractivity contribution in [3.8, 4) is 34.1 Å². The minimum Gasteiger partial charge on any atom is -0.493 e. The van der Waals surface area contributed by atoms with Crippen LogP contribution in [-0.2, 0) is 0 Å². The first-order chi connectivity index (χ1) is 15.0. The maximum Gasteiger partial charge on any atom is 0.203 e. The zero-order valence-corrected chi connectivity index (χ0v) is 17.2. The molecule has 0 aliphatic rings. The van der Waals surface area contributed by atoms with E-state index in [1.807, 2.05) is 6.20 Å². The Morgan fingerprint density at radius 3 is 2.16 bits per heavy atom. The molecule has 158 valence electrons. The Morgan fingerprint density at radius 2 is 1.61 bits per heavy atom. The van der Waals surface area contributed by atoms with Crippen LogP contribution in [0.1, 0.15) is 15.9 Å². The van der Waals surface area contributed by atoms with Gasteiger partial charge in [0.2, 0.25) is 5.75 Å². The van der Waals surface area contributed by atoms with Crippen LogP contribution in [0, 0.1) is 5.82 Å². The van der Waals surface area contributed by atoms with Gasteiger partial charge in [0.1, 0.15) is 5.82 Å². The van der Waals surface area contributed by atoms with Crippen LogP contribution in [0.5, 0.6) is 17.2 Å². The lowest BCUT2D eigenvalue weighted by atomic mass is 9.99. The van der Waals surface area contributed by atoms with Gasteiger partial charge in [0.25, 0.3) is 0 Å². The van der Waals surface area contributed by atoms with E-state index in [0.717, 1.165) is 11.3 Å². The lowest BCUT2D eigenvalue weighted by Gasteiger charge is -2.13. The lowest BCUT2D eigenvalue weighted by molar-refractivity contribution is 0.103. The minimum atomic E-state index is -0.334. The first kappa shape index (κ1) is 20.3. The maximum atomic E-state index is 13.5. The Kier molecular flexibility index (Phi) is 5.49. The number of nitrogens with zero attached hydrogens (tertiary/aromatic N) is 1. The third kappa shape index (κ3) is 3.77. The van der Waals surface area contributed by atoms with E-state index in [4.69, 9.17) is 18.6 Å². The molecular weight excluding hydrogens is 401 g/mol. The fraction of sp³-hybridized carbons (Fsp3) is 0.125. The molecule has 2 aromatic carbocycles. The highest BCUT2D eigenvalue weighted by Crippen LogP contribution is 2.39. The Balaban J connectivity index is 1.85. The van der Waals surface area contributed by atoms with Gasteiger partial charge in [0.05, 0.1) is 33.9 Å². The number of hydrogen-bond donors (Lipinski definition) is 0. The smallest absolute Gasteiger partial charge is 0.203 e. The molecule has 0 unspecified atom stereocenters. The molecule has 0 aliphatic heterocycles. The van der Waals surface area contributed by atoms with E-state index in [2.05, 4.69) is 0 Å². The van der Waals surface area contributed by atoms with Gasteiger partial charge in [-0.05, 0) is 42.5 Å². The molecule has 0 atom stereocenters. The van der Waals surface area contributed by atoms with Gasteiger partial charge < -0.3 is 23.2 Å². The SMILES string of the molecule is COc1cc(C(=O)c2cn(-c3ccc(F)cc3)cc2-c2ccoc2)cc(OC)c1OC. The van der Waals surface area contributed by atoms with Crippen LogP contribution in [0.15, 0.2) is 71.8 Å². The third-order valence-corrected chi connectivity index (χ3v) is 4.96. The number of hydrogen-bond acceptors (Lipinski definition) is 5. The molecule has 0 saturated heterocycles. The summed E-state index contributed by atoms with van der Waals surface area (Å²) >= 11 is 0. The van der Waals surface area contributed by atoms with Crippen molar-refractivity contribution in [3.63, 3.8) is 0 Å². The summed E-state index contributed by atoms with van der Waals surface area (Å²) in [6, 6.07) is 11.0. The molecule has 0 aliphatic carbocycles. The monoisotopic (exact) mass is 421 g/mol. The molecule has 0 bridgehead atoms. The number of halogens is 1. The Bertz CT molecular complexity index is 1180. The lowest BCUT2D eigenvalue weighted by Crippen LogP contribution is -2.04. The quantitative estimate of drug-likeness (QED) is 0.387. The van der Waals surface area contributed by atoms with E-state index in [1.54, 1.807) is 47.4 Å². The molecule has 0 spiro atoms. The van der Waals surface area contributed by atoms with Crippen LogP contribution in [0.3, 0.4) is 0 Å². The third-order valence-electron chi connectivity index (χ3n) is 4.96. The molecule has 2 aromatic heterocycles.